The van der Waals surface area contributed by atoms with Gasteiger partial charge in [0.2, 0.25) is 0 Å². The molecule has 3 heterocycles. The number of piperazine rings is 1. The van der Waals surface area contributed by atoms with E-state index in [0.717, 1.165) is 45.0 Å². The molecule has 1 atom stereocenters. The van der Waals surface area contributed by atoms with Gasteiger partial charge in [0, 0.05) is 45.0 Å². The molecule has 126 valence electrons. The molecule has 1 aromatic heterocycles. The molecule has 24 heavy (non-hydrogen) atoms. The van der Waals surface area contributed by atoms with Crippen LogP contribution in [0.5, 0.6) is 0 Å². The lowest BCUT2D eigenvalue weighted by Gasteiger charge is -2.37. The first-order valence-electron chi connectivity index (χ1n) is 8.65. The van der Waals surface area contributed by atoms with Crippen molar-refractivity contribution in [3.05, 3.63) is 48.3 Å². The van der Waals surface area contributed by atoms with Gasteiger partial charge in [-0.2, -0.15) is 5.10 Å². The number of nitrogens with zero attached hydrogens (tertiary/aromatic N) is 4. The van der Waals surface area contributed by atoms with Crippen LogP contribution in [0.4, 0.5) is 0 Å². The van der Waals surface area contributed by atoms with Gasteiger partial charge >= 0.3 is 0 Å². The monoisotopic (exact) mass is 325 g/mol. The molecule has 0 spiro atoms. The van der Waals surface area contributed by atoms with E-state index < -0.39 is 0 Å². The number of aromatic nitrogens is 2. The number of carbonyl (C=O) groups is 1. The molecule has 2 saturated heterocycles. The fraction of sp³-hybridized carbons (Fsp3) is 0.444. The lowest BCUT2D eigenvalue weighted by Crippen LogP contribution is -2.52. The average Bonchev–Trinajstić information content (AvgIpc) is 3.34. The van der Waals surface area contributed by atoms with Crippen LogP contribution in [0.3, 0.4) is 0 Å². The molecule has 1 aromatic carbocycles. The van der Waals surface area contributed by atoms with Gasteiger partial charge in [0.05, 0.1) is 17.4 Å². The summed E-state index contributed by atoms with van der Waals surface area (Å²) >= 11 is 0. The summed E-state index contributed by atoms with van der Waals surface area (Å²) in [6.45, 7) is 5.72. The Kier molecular flexibility index (Phi) is 4.32. The van der Waals surface area contributed by atoms with Crippen molar-refractivity contribution in [1.29, 1.82) is 0 Å². The van der Waals surface area contributed by atoms with Crippen LogP contribution in [0.15, 0.2) is 42.7 Å². The fourth-order valence-electron chi connectivity index (χ4n) is 3.58. The Hall–Kier alpha value is -2.18. The molecule has 1 unspecified atom stereocenters. The van der Waals surface area contributed by atoms with E-state index in [4.69, 9.17) is 0 Å². The SMILES string of the molecule is O=C(c1cnn(-c2ccccc2)c1)N1CCN(C2CCNC2)CC1. The first-order chi connectivity index (χ1) is 11.8. The van der Waals surface area contributed by atoms with Crippen LogP contribution < -0.4 is 5.32 Å². The molecule has 1 N–H and O–H groups in total. The lowest BCUT2D eigenvalue weighted by atomic mass is 10.2. The Morgan fingerprint density at radius 1 is 1.12 bits per heavy atom. The molecule has 0 bridgehead atoms. The van der Waals surface area contributed by atoms with Crippen LogP contribution >= 0.6 is 0 Å². The number of nitrogens with one attached hydrogen (secondary N) is 1. The standard InChI is InChI=1S/C18H23N5O/c24-18(15-12-20-23(14-15)16-4-2-1-3-5-16)22-10-8-21(9-11-22)17-6-7-19-13-17/h1-5,12,14,17,19H,6-11,13H2. The normalized spacial score (nSPS) is 22.0. The van der Waals surface area contributed by atoms with Crippen molar-refractivity contribution in [3.8, 4) is 5.69 Å². The van der Waals surface area contributed by atoms with Crippen molar-refractivity contribution >= 4 is 5.91 Å². The predicted octanol–water partition coefficient (Wildman–Crippen LogP) is 0.992. The van der Waals surface area contributed by atoms with E-state index in [-0.39, 0.29) is 5.91 Å². The Labute approximate surface area is 142 Å². The van der Waals surface area contributed by atoms with Crippen molar-refractivity contribution in [1.82, 2.24) is 24.9 Å². The number of para-hydroxylation sites is 1. The van der Waals surface area contributed by atoms with Crippen molar-refractivity contribution < 1.29 is 4.79 Å². The Morgan fingerprint density at radius 2 is 1.92 bits per heavy atom. The van der Waals surface area contributed by atoms with Crippen LogP contribution in [0.2, 0.25) is 0 Å². The van der Waals surface area contributed by atoms with Gasteiger partial charge in [-0.15, -0.1) is 0 Å². The molecule has 2 fully saturated rings. The third-order valence-electron chi connectivity index (χ3n) is 5.00. The molecule has 4 rings (SSSR count). The maximum atomic E-state index is 12.7. The van der Waals surface area contributed by atoms with Gasteiger partial charge < -0.3 is 10.2 Å². The number of amides is 1. The summed E-state index contributed by atoms with van der Waals surface area (Å²) in [5, 5.41) is 7.75. The highest BCUT2D eigenvalue weighted by Gasteiger charge is 2.28. The molecule has 0 aliphatic carbocycles. The third-order valence-corrected chi connectivity index (χ3v) is 5.00. The summed E-state index contributed by atoms with van der Waals surface area (Å²) in [5.41, 5.74) is 1.63. The van der Waals surface area contributed by atoms with Gasteiger partial charge in [-0.25, -0.2) is 4.68 Å². The second kappa shape index (κ2) is 6.75. The van der Waals surface area contributed by atoms with Gasteiger partial charge in [0.1, 0.15) is 0 Å². The highest BCUT2D eigenvalue weighted by molar-refractivity contribution is 5.93. The largest absolute Gasteiger partial charge is 0.336 e. The Balaban J connectivity index is 1.39. The summed E-state index contributed by atoms with van der Waals surface area (Å²) in [6, 6.07) is 10.5. The zero-order chi connectivity index (χ0) is 16.4. The quantitative estimate of drug-likeness (QED) is 0.914. The van der Waals surface area contributed by atoms with Crippen molar-refractivity contribution in [2.24, 2.45) is 0 Å². The van der Waals surface area contributed by atoms with Crippen LogP contribution in [-0.2, 0) is 0 Å². The van der Waals surface area contributed by atoms with Gasteiger partial charge in [-0.1, -0.05) is 18.2 Å². The summed E-state index contributed by atoms with van der Waals surface area (Å²) in [6.07, 6.45) is 4.71. The van der Waals surface area contributed by atoms with Crippen LogP contribution in [-0.4, -0.2) is 70.8 Å². The highest BCUT2D eigenvalue weighted by Crippen LogP contribution is 2.15. The number of carbonyl (C=O) groups excluding carboxylic acids is 1. The molecule has 1 amide bonds. The topological polar surface area (TPSA) is 53.4 Å². The van der Waals surface area contributed by atoms with Crippen LogP contribution in [0, 0.1) is 0 Å². The number of rotatable bonds is 3. The molecule has 2 aliphatic heterocycles. The Morgan fingerprint density at radius 3 is 2.62 bits per heavy atom. The molecule has 0 saturated carbocycles. The zero-order valence-electron chi connectivity index (χ0n) is 13.8. The minimum atomic E-state index is 0.0846. The van der Waals surface area contributed by atoms with E-state index in [2.05, 4.69) is 15.3 Å². The van der Waals surface area contributed by atoms with Crippen molar-refractivity contribution in [3.63, 3.8) is 0 Å². The molecule has 2 aromatic rings. The van der Waals surface area contributed by atoms with E-state index in [1.54, 1.807) is 10.9 Å². The maximum Gasteiger partial charge on any atom is 0.257 e. The predicted molar refractivity (Wildman–Crippen MR) is 92.3 cm³/mol. The maximum absolute atomic E-state index is 12.7. The molecular weight excluding hydrogens is 302 g/mol. The van der Waals surface area contributed by atoms with Gasteiger partial charge in [-0.3, -0.25) is 9.69 Å². The summed E-state index contributed by atoms with van der Waals surface area (Å²) in [5.74, 6) is 0.0846. The van der Waals surface area contributed by atoms with E-state index in [1.807, 2.05) is 41.4 Å². The third kappa shape index (κ3) is 3.07. The van der Waals surface area contributed by atoms with Crippen LogP contribution in [0.1, 0.15) is 16.8 Å². The first-order valence-corrected chi connectivity index (χ1v) is 8.65. The smallest absolute Gasteiger partial charge is 0.257 e. The summed E-state index contributed by atoms with van der Waals surface area (Å²) < 4.78 is 1.76. The molecule has 6 heteroatoms. The van der Waals surface area contributed by atoms with E-state index in [0.29, 0.717) is 11.6 Å². The highest BCUT2D eigenvalue weighted by atomic mass is 16.2. The van der Waals surface area contributed by atoms with E-state index in [9.17, 15) is 4.79 Å². The number of hydrogen-bond donors (Lipinski definition) is 1. The Bertz CT molecular complexity index is 684. The van der Waals surface area contributed by atoms with Gasteiger partial charge in [0.15, 0.2) is 0 Å². The second-order valence-corrected chi connectivity index (χ2v) is 6.48. The number of hydrogen-bond acceptors (Lipinski definition) is 4. The van der Waals surface area contributed by atoms with E-state index in [1.165, 1.54) is 6.42 Å². The summed E-state index contributed by atoms with van der Waals surface area (Å²) in [7, 11) is 0. The molecule has 0 radical (unpaired) electrons. The van der Waals surface area contributed by atoms with E-state index >= 15 is 0 Å². The number of benzene rings is 1. The zero-order valence-corrected chi connectivity index (χ0v) is 13.8. The average molecular weight is 325 g/mol. The molecular formula is C18H23N5O. The van der Waals surface area contributed by atoms with Crippen molar-refractivity contribution in [2.75, 3.05) is 39.3 Å². The first kappa shape index (κ1) is 15.4. The molecule has 2 aliphatic rings. The lowest BCUT2D eigenvalue weighted by molar-refractivity contribution is 0.0584. The van der Waals surface area contributed by atoms with Crippen LogP contribution in [0.25, 0.3) is 5.69 Å². The second-order valence-electron chi connectivity index (χ2n) is 6.48. The molecule has 6 nitrogen and oxygen atoms in total. The van der Waals surface area contributed by atoms with Gasteiger partial charge in [0.25, 0.3) is 5.91 Å². The van der Waals surface area contributed by atoms with Gasteiger partial charge in [-0.05, 0) is 25.1 Å². The fourth-order valence-corrected chi connectivity index (χ4v) is 3.58. The summed E-state index contributed by atoms with van der Waals surface area (Å²) in [4.78, 5) is 17.2. The minimum absolute atomic E-state index is 0.0846. The minimum Gasteiger partial charge on any atom is -0.336 e. The van der Waals surface area contributed by atoms with Crippen molar-refractivity contribution in [2.45, 2.75) is 12.5 Å².